The highest BCUT2D eigenvalue weighted by molar-refractivity contribution is 5.37. The molecule has 1 aromatic carbocycles. The Hall–Kier alpha value is -1.36. The van der Waals surface area contributed by atoms with Crippen LogP contribution in [0, 0.1) is 22.7 Å². The highest BCUT2D eigenvalue weighted by atomic mass is 16.5. The highest BCUT2D eigenvalue weighted by Crippen LogP contribution is 2.70. The number of benzene rings is 1. The molecule has 4 aliphatic carbocycles. The molecule has 164 valence electrons. The Labute approximate surface area is 180 Å². The lowest BCUT2D eigenvalue weighted by molar-refractivity contribution is -0.218. The maximum absolute atomic E-state index is 12.3. The van der Waals surface area contributed by atoms with E-state index in [2.05, 4.69) is 19.9 Å². The Morgan fingerprint density at radius 2 is 1.67 bits per heavy atom. The number of ether oxygens (including phenoxy) is 1. The van der Waals surface area contributed by atoms with Crippen LogP contribution < -0.4 is 4.74 Å². The molecule has 0 aromatic heterocycles. The number of aliphatic hydroxyl groups is 3. The van der Waals surface area contributed by atoms with Crippen LogP contribution in [0.3, 0.4) is 0 Å². The second kappa shape index (κ2) is 6.57. The molecule has 0 bridgehead atoms. The minimum absolute atomic E-state index is 0.0695. The standard InChI is InChI=1S/C26H36O4/c1-23-12-10-19(27)16-18(23)6-9-22-21(23)11-13-24(2)25(28,14-15-26(22,24)29)17-4-7-20(30-3)8-5-17/h4-8,19,21-22,27-29H,9-16H2,1-3H3/t19?,21-,22-,23+,24-,25?,26-/m1/s1. The Bertz CT molecular complexity index is 862. The number of allylic oxidation sites excluding steroid dienone is 1. The quantitative estimate of drug-likeness (QED) is 0.633. The lowest BCUT2D eigenvalue weighted by Gasteiger charge is -2.62. The maximum Gasteiger partial charge on any atom is 0.118 e. The summed E-state index contributed by atoms with van der Waals surface area (Å²) in [6.45, 7) is 4.48. The van der Waals surface area contributed by atoms with Gasteiger partial charge in [0, 0.05) is 5.41 Å². The average Bonchev–Trinajstić information content (AvgIpc) is 2.96. The van der Waals surface area contributed by atoms with Gasteiger partial charge in [0.25, 0.3) is 0 Å². The fourth-order valence-corrected chi connectivity index (χ4v) is 7.95. The molecule has 30 heavy (non-hydrogen) atoms. The predicted molar refractivity (Wildman–Crippen MR) is 116 cm³/mol. The fraction of sp³-hybridized carbons (Fsp3) is 0.692. The van der Waals surface area contributed by atoms with Gasteiger partial charge >= 0.3 is 0 Å². The van der Waals surface area contributed by atoms with E-state index in [0.29, 0.717) is 18.8 Å². The lowest BCUT2D eigenvalue weighted by Crippen LogP contribution is -2.63. The molecule has 5 rings (SSSR count). The van der Waals surface area contributed by atoms with Crippen LogP contribution in [0.2, 0.25) is 0 Å². The Morgan fingerprint density at radius 3 is 2.37 bits per heavy atom. The summed E-state index contributed by atoms with van der Waals surface area (Å²) in [4.78, 5) is 0. The van der Waals surface area contributed by atoms with Crippen molar-refractivity contribution in [3.63, 3.8) is 0 Å². The summed E-state index contributed by atoms with van der Waals surface area (Å²) >= 11 is 0. The molecule has 1 aromatic rings. The van der Waals surface area contributed by atoms with E-state index in [1.807, 2.05) is 24.3 Å². The van der Waals surface area contributed by atoms with E-state index >= 15 is 0 Å². The van der Waals surface area contributed by atoms with Crippen LogP contribution in [0.4, 0.5) is 0 Å². The molecule has 4 heteroatoms. The van der Waals surface area contributed by atoms with Crippen LogP contribution in [-0.2, 0) is 5.60 Å². The first-order chi connectivity index (χ1) is 14.2. The Balaban J connectivity index is 1.53. The average molecular weight is 413 g/mol. The zero-order valence-electron chi connectivity index (χ0n) is 18.5. The van der Waals surface area contributed by atoms with E-state index in [0.717, 1.165) is 49.8 Å². The highest BCUT2D eigenvalue weighted by Gasteiger charge is 2.71. The summed E-state index contributed by atoms with van der Waals surface area (Å²) in [5.74, 6) is 1.36. The van der Waals surface area contributed by atoms with E-state index in [-0.39, 0.29) is 17.4 Å². The fourth-order valence-electron chi connectivity index (χ4n) is 7.95. The smallest absolute Gasteiger partial charge is 0.118 e. The second-order valence-electron chi connectivity index (χ2n) is 10.9. The number of hydrogen-bond donors (Lipinski definition) is 3. The van der Waals surface area contributed by atoms with Crippen LogP contribution in [0.1, 0.15) is 70.8 Å². The molecule has 3 saturated carbocycles. The van der Waals surface area contributed by atoms with Crippen molar-refractivity contribution in [3.8, 4) is 5.75 Å². The van der Waals surface area contributed by atoms with Gasteiger partial charge in [-0.2, -0.15) is 0 Å². The van der Waals surface area contributed by atoms with E-state index in [9.17, 15) is 15.3 Å². The molecule has 0 aliphatic heterocycles. The van der Waals surface area contributed by atoms with Crippen LogP contribution in [0.15, 0.2) is 35.9 Å². The normalized spacial score (nSPS) is 47.7. The topological polar surface area (TPSA) is 69.9 Å². The van der Waals surface area contributed by atoms with Gasteiger partial charge in [0.1, 0.15) is 5.75 Å². The molecule has 0 saturated heterocycles. The molecule has 0 spiro atoms. The summed E-state index contributed by atoms with van der Waals surface area (Å²) < 4.78 is 5.30. The van der Waals surface area contributed by atoms with Gasteiger partial charge in [0.2, 0.25) is 0 Å². The van der Waals surface area contributed by atoms with Crippen LogP contribution in [0.5, 0.6) is 5.75 Å². The van der Waals surface area contributed by atoms with Gasteiger partial charge in [0.15, 0.2) is 0 Å². The zero-order valence-corrected chi connectivity index (χ0v) is 18.5. The number of methoxy groups -OCH3 is 1. The monoisotopic (exact) mass is 412 g/mol. The SMILES string of the molecule is COc1ccc(C2(O)CC[C@@]3(O)[C@@H]4CC=C5CC(O)CC[C@]5(C)[C@@H]4CC[C@]23C)cc1. The first kappa shape index (κ1) is 20.5. The first-order valence-electron chi connectivity index (χ1n) is 11.6. The summed E-state index contributed by atoms with van der Waals surface area (Å²) in [7, 11) is 1.65. The summed E-state index contributed by atoms with van der Waals surface area (Å²) in [6.07, 6.45) is 8.64. The lowest BCUT2D eigenvalue weighted by atomic mass is 9.45. The molecular formula is C26H36O4. The van der Waals surface area contributed by atoms with Gasteiger partial charge in [-0.1, -0.05) is 37.6 Å². The maximum atomic E-state index is 12.3. The van der Waals surface area contributed by atoms with Crippen molar-refractivity contribution in [2.75, 3.05) is 7.11 Å². The minimum Gasteiger partial charge on any atom is -0.497 e. The van der Waals surface area contributed by atoms with Crippen molar-refractivity contribution in [3.05, 3.63) is 41.5 Å². The van der Waals surface area contributed by atoms with Crippen molar-refractivity contribution in [2.45, 2.75) is 82.5 Å². The van der Waals surface area contributed by atoms with Gasteiger partial charge in [-0.25, -0.2) is 0 Å². The molecular weight excluding hydrogens is 376 g/mol. The van der Waals surface area contributed by atoms with E-state index < -0.39 is 16.6 Å². The van der Waals surface area contributed by atoms with Crippen LogP contribution in [0.25, 0.3) is 0 Å². The Morgan fingerprint density at radius 1 is 0.933 bits per heavy atom. The largest absolute Gasteiger partial charge is 0.497 e. The van der Waals surface area contributed by atoms with E-state index in [4.69, 9.17) is 4.74 Å². The third kappa shape index (κ3) is 2.44. The molecule has 4 aliphatic rings. The third-order valence-electron chi connectivity index (χ3n) is 9.98. The first-order valence-corrected chi connectivity index (χ1v) is 11.6. The van der Waals surface area contributed by atoms with Crippen molar-refractivity contribution in [1.82, 2.24) is 0 Å². The van der Waals surface area contributed by atoms with Crippen molar-refractivity contribution in [1.29, 1.82) is 0 Å². The van der Waals surface area contributed by atoms with E-state index in [1.165, 1.54) is 5.57 Å². The van der Waals surface area contributed by atoms with Crippen molar-refractivity contribution < 1.29 is 20.1 Å². The van der Waals surface area contributed by atoms with Crippen LogP contribution >= 0.6 is 0 Å². The van der Waals surface area contributed by atoms with E-state index in [1.54, 1.807) is 7.11 Å². The van der Waals surface area contributed by atoms with Gasteiger partial charge in [0.05, 0.1) is 24.4 Å². The summed E-state index contributed by atoms with van der Waals surface area (Å²) in [5.41, 5.74) is -0.137. The van der Waals surface area contributed by atoms with Crippen LogP contribution in [-0.4, -0.2) is 34.1 Å². The van der Waals surface area contributed by atoms with Gasteiger partial charge in [-0.05, 0) is 86.3 Å². The number of rotatable bonds is 2. The van der Waals surface area contributed by atoms with Crippen molar-refractivity contribution >= 4 is 0 Å². The molecule has 2 unspecified atom stereocenters. The molecule has 3 fully saturated rings. The summed E-state index contributed by atoms with van der Waals surface area (Å²) in [6, 6.07) is 7.74. The van der Waals surface area contributed by atoms with Gasteiger partial charge in [-0.15, -0.1) is 0 Å². The predicted octanol–water partition coefficient (Wildman–Crippen LogP) is 4.32. The summed E-state index contributed by atoms with van der Waals surface area (Å²) in [5, 5.41) is 34.5. The van der Waals surface area contributed by atoms with Crippen molar-refractivity contribution in [2.24, 2.45) is 22.7 Å². The molecule has 4 nitrogen and oxygen atoms in total. The number of aliphatic hydroxyl groups excluding tert-OH is 1. The molecule has 0 radical (unpaired) electrons. The third-order valence-corrected chi connectivity index (χ3v) is 9.98. The molecule has 3 N–H and O–H groups in total. The zero-order chi connectivity index (χ0) is 21.4. The Kier molecular flexibility index (Phi) is 4.50. The molecule has 7 atom stereocenters. The second-order valence-corrected chi connectivity index (χ2v) is 10.9. The van der Waals surface area contributed by atoms with Gasteiger partial charge in [-0.3, -0.25) is 0 Å². The number of fused-ring (bicyclic) bond motifs is 5. The minimum atomic E-state index is -1.04. The molecule has 0 heterocycles. The molecule has 0 amide bonds. The number of hydrogen-bond acceptors (Lipinski definition) is 4. The van der Waals surface area contributed by atoms with Gasteiger partial charge < -0.3 is 20.1 Å².